The van der Waals surface area contributed by atoms with Crippen LogP contribution in [-0.2, 0) is 0 Å². The first-order valence-corrected chi connectivity index (χ1v) is 7.07. The molecule has 1 atom stereocenters. The van der Waals surface area contributed by atoms with Crippen molar-refractivity contribution in [1.82, 2.24) is 0 Å². The Balaban J connectivity index is 1.96. The Morgan fingerprint density at radius 1 is 1.00 bits per heavy atom. The number of allylic oxidation sites excluding steroid dienone is 4. The quantitative estimate of drug-likeness (QED) is 0.598. The van der Waals surface area contributed by atoms with E-state index in [0.29, 0.717) is 5.92 Å². The van der Waals surface area contributed by atoms with Crippen LogP contribution in [0.5, 0.6) is 0 Å². The van der Waals surface area contributed by atoms with E-state index in [2.05, 4.69) is 56.4 Å². The Morgan fingerprint density at radius 3 is 2.75 bits per heavy atom. The van der Waals surface area contributed by atoms with E-state index in [1.165, 1.54) is 21.8 Å². The van der Waals surface area contributed by atoms with E-state index in [1.54, 1.807) is 0 Å². The lowest BCUT2D eigenvalue weighted by Crippen LogP contribution is -2.01. The van der Waals surface area contributed by atoms with E-state index in [4.69, 9.17) is 4.42 Å². The second-order valence-electron chi connectivity index (χ2n) is 5.53. The first-order valence-electron chi connectivity index (χ1n) is 7.07. The van der Waals surface area contributed by atoms with Crippen LogP contribution in [0.4, 0.5) is 0 Å². The minimum atomic E-state index is 0.421. The van der Waals surface area contributed by atoms with Crippen LogP contribution in [0.2, 0.25) is 0 Å². The molecule has 1 aliphatic carbocycles. The fraction of sp³-hybridized carbons (Fsp3) is 0.111. The number of para-hydroxylation sites is 2. The van der Waals surface area contributed by atoms with Gasteiger partial charge in [0.25, 0.3) is 0 Å². The minimum absolute atomic E-state index is 0.421. The third kappa shape index (κ3) is 1.72. The average Bonchev–Trinajstić information content (AvgIpc) is 2.86. The Labute approximate surface area is 119 Å². The molecule has 1 nitrogen and oxygen atoms in total. The number of fused-ring (bicyclic) bond motifs is 3. The summed E-state index contributed by atoms with van der Waals surface area (Å²) in [4.78, 5) is 0. The molecule has 4 rings (SSSR count). The first-order chi connectivity index (χ1) is 9.83. The van der Waals surface area contributed by atoms with Crippen molar-refractivity contribution in [3.63, 3.8) is 0 Å². The molecule has 20 heavy (non-hydrogen) atoms. The van der Waals surface area contributed by atoms with Gasteiger partial charge in [-0.25, -0.2) is 0 Å². The molecule has 0 aliphatic heterocycles. The number of hydrogen-bond donors (Lipinski definition) is 0. The second kappa shape index (κ2) is 4.41. The molecule has 0 bridgehead atoms. The molecule has 1 heterocycles. The van der Waals surface area contributed by atoms with Crippen molar-refractivity contribution in [3.05, 3.63) is 71.7 Å². The highest BCUT2D eigenvalue weighted by atomic mass is 16.3. The highest BCUT2D eigenvalue weighted by Gasteiger charge is 2.17. The van der Waals surface area contributed by atoms with Crippen LogP contribution >= 0.6 is 0 Å². The lowest BCUT2D eigenvalue weighted by Gasteiger charge is -2.17. The SMILES string of the molecule is BC1=CC=CC(c2cccc3c2oc2ccccc23)C1. The zero-order valence-corrected chi connectivity index (χ0v) is 11.5. The fourth-order valence-corrected chi connectivity index (χ4v) is 3.11. The standard InChI is InChI=1S/C18H15BO/c19-13-6-3-5-12(11-13)14-8-4-9-16-15-7-1-2-10-17(15)20-18(14)16/h1-10,12H,11,19H2. The van der Waals surface area contributed by atoms with E-state index in [9.17, 15) is 0 Å². The molecule has 0 amide bonds. The summed E-state index contributed by atoms with van der Waals surface area (Å²) < 4.78 is 6.12. The smallest absolute Gasteiger partial charge is 0.139 e. The van der Waals surface area contributed by atoms with Gasteiger partial charge in [-0.05, 0) is 12.5 Å². The van der Waals surface area contributed by atoms with Crippen molar-refractivity contribution in [1.29, 1.82) is 0 Å². The predicted octanol–water partition coefficient (Wildman–Crippen LogP) is 4.15. The van der Waals surface area contributed by atoms with Crippen molar-refractivity contribution < 1.29 is 4.42 Å². The van der Waals surface area contributed by atoms with Gasteiger partial charge in [0.2, 0.25) is 0 Å². The summed E-state index contributed by atoms with van der Waals surface area (Å²) in [7, 11) is 2.19. The lowest BCUT2D eigenvalue weighted by molar-refractivity contribution is 0.657. The maximum absolute atomic E-state index is 6.12. The highest BCUT2D eigenvalue weighted by molar-refractivity contribution is 6.22. The molecule has 0 spiro atoms. The zero-order chi connectivity index (χ0) is 13.5. The lowest BCUT2D eigenvalue weighted by atomic mass is 9.80. The predicted molar refractivity (Wildman–Crippen MR) is 86.8 cm³/mol. The number of rotatable bonds is 1. The summed E-state index contributed by atoms with van der Waals surface area (Å²) in [6.45, 7) is 0. The molecule has 0 fully saturated rings. The molecule has 1 aliphatic rings. The maximum atomic E-state index is 6.12. The largest absolute Gasteiger partial charge is 0.456 e. The van der Waals surface area contributed by atoms with Crippen LogP contribution in [0.15, 0.2) is 70.6 Å². The Kier molecular flexibility index (Phi) is 2.56. The van der Waals surface area contributed by atoms with Gasteiger partial charge in [-0.2, -0.15) is 0 Å². The van der Waals surface area contributed by atoms with Crippen LogP contribution < -0.4 is 0 Å². The molecular formula is C18H15BO. The summed E-state index contributed by atoms with van der Waals surface area (Å²) in [5.74, 6) is 0.421. The molecule has 0 N–H and O–H groups in total. The third-order valence-electron chi connectivity index (χ3n) is 4.10. The molecule has 1 aromatic heterocycles. The third-order valence-corrected chi connectivity index (χ3v) is 4.10. The average molecular weight is 258 g/mol. The van der Waals surface area contributed by atoms with Crippen molar-refractivity contribution in [2.45, 2.75) is 12.3 Å². The number of benzene rings is 2. The zero-order valence-electron chi connectivity index (χ0n) is 11.5. The maximum Gasteiger partial charge on any atom is 0.139 e. The van der Waals surface area contributed by atoms with Gasteiger partial charge in [-0.1, -0.05) is 54.6 Å². The van der Waals surface area contributed by atoms with Crippen molar-refractivity contribution in [2.75, 3.05) is 0 Å². The van der Waals surface area contributed by atoms with E-state index in [1.807, 2.05) is 12.1 Å². The number of hydrogen-bond acceptors (Lipinski definition) is 1. The van der Waals surface area contributed by atoms with Gasteiger partial charge in [0.05, 0.1) is 0 Å². The van der Waals surface area contributed by atoms with Gasteiger partial charge in [0, 0.05) is 22.3 Å². The van der Waals surface area contributed by atoms with E-state index in [-0.39, 0.29) is 0 Å². The van der Waals surface area contributed by atoms with E-state index >= 15 is 0 Å². The van der Waals surface area contributed by atoms with Crippen molar-refractivity contribution >= 4 is 29.8 Å². The summed E-state index contributed by atoms with van der Waals surface area (Å²) in [6.07, 6.45) is 7.70. The van der Waals surface area contributed by atoms with Gasteiger partial charge < -0.3 is 4.42 Å². The summed E-state index contributed by atoms with van der Waals surface area (Å²) in [5.41, 5.74) is 4.73. The summed E-state index contributed by atoms with van der Waals surface area (Å²) in [5, 5.41) is 2.43. The van der Waals surface area contributed by atoms with E-state index in [0.717, 1.165) is 17.6 Å². The van der Waals surface area contributed by atoms with Gasteiger partial charge >= 0.3 is 0 Å². The molecule has 1 unspecified atom stereocenters. The van der Waals surface area contributed by atoms with Crippen molar-refractivity contribution in [3.8, 4) is 0 Å². The van der Waals surface area contributed by atoms with Gasteiger partial charge in [-0.3, -0.25) is 0 Å². The highest BCUT2D eigenvalue weighted by Crippen LogP contribution is 2.37. The monoisotopic (exact) mass is 258 g/mol. The van der Waals surface area contributed by atoms with Gasteiger partial charge in [0.15, 0.2) is 0 Å². The number of furan rings is 1. The Bertz CT molecular complexity index is 854. The molecule has 0 radical (unpaired) electrons. The van der Waals surface area contributed by atoms with Crippen LogP contribution in [0.25, 0.3) is 21.9 Å². The van der Waals surface area contributed by atoms with Crippen molar-refractivity contribution in [2.24, 2.45) is 0 Å². The topological polar surface area (TPSA) is 13.1 Å². The van der Waals surface area contributed by atoms with Crippen LogP contribution in [0.1, 0.15) is 17.9 Å². The molecule has 2 heteroatoms. The van der Waals surface area contributed by atoms with Gasteiger partial charge in [-0.15, -0.1) is 5.47 Å². The normalized spacial score (nSPS) is 18.6. The molecule has 3 aromatic rings. The second-order valence-corrected chi connectivity index (χ2v) is 5.53. The first kappa shape index (κ1) is 11.6. The van der Waals surface area contributed by atoms with E-state index < -0.39 is 0 Å². The molecule has 96 valence electrons. The summed E-state index contributed by atoms with van der Waals surface area (Å²) in [6, 6.07) is 14.8. The van der Waals surface area contributed by atoms with Crippen LogP contribution in [-0.4, -0.2) is 7.85 Å². The molecule has 0 saturated heterocycles. The van der Waals surface area contributed by atoms with Gasteiger partial charge in [0.1, 0.15) is 19.0 Å². The van der Waals surface area contributed by atoms with Crippen LogP contribution in [0.3, 0.4) is 0 Å². The fourth-order valence-electron chi connectivity index (χ4n) is 3.11. The summed E-state index contributed by atoms with van der Waals surface area (Å²) >= 11 is 0. The molecule has 0 saturated carbocycles. The molecule has 2 aromatic carbocycles. The molecular weight excluding hydrogens is 243 g/mol. The Hall–Kier alpha value is -2.22. The minimum Gasteiger partial charge on any atom is -0.456 e. The Morgan fingerprint density at radius 2 is 1.85 bits per heavy atom. The van der Waals surface area contributed by atoms with Crippen LogP contribution in [0, 0.1) is 0 Å².